The summed E-state index contributed by atoms with van der Waals surface area (Å²) in [5.41, 5.74) is -0.592. The molecule has 3 aromatic rings. The van der Waals surface area contributed by atoms with Crippen molar-refractivity contribution in [2.24, 2.45) is 0 Å². The summed E-state index contributed by atoms with van der Waals surface area (Å²) in [7, 11) is -2.82. The van der Waals surface area contributed by atoms with Gasteiger partial charge in [0.15, 0.2) is 5.78 Å². The number of nitrogens with zero attached hydrogens (tertiary/aromatic N) is 1. The molecule has 0 saturated carbocycles. The van der Waals surface area contributed by atoms with Crippen LogP contribution in [0.2, 0.25) is 5.02 Å². The van der Waals surface area contributed by atoms with Crippen LogP contribution in [0.15, 0.2) is 59.5 Å². The number of Topliss-reactive ketones (excluding diaryl/α,β-unsaturated/α-hetero) is 1. The van der Waals surface area contributed by atoms with Crippen molar-refractivity contribution in [3.8, 4) is 5.75 Å². The molecule has 0 aliphatic carbocycles. The molecule has 1 aliphatic rings. The summed E-state index contributed by atoms with van der Waals surface area (Å²) in [5.74, 6) is -3.18. The van der Waals surface area contributed by atoms with Gasteiger partial charge in [0.05, 0.1) is 34.3 Å². The van der Waals surface area contributed by atoms with Crippen LogP contribution in [0, 0.1) is 17.5 Å². The van der Waals surface area contributed by atoms with Crippen molar-refractivity contribution in [3.63, 3.8) is 0 Å². The molecule has 1 unspecified atom stereocenters. The second-order valence-corrected chi connectivity index (χ2v) is 10.1. The molecule has 0 amide bonds. The Hall–Kier alpha value is -3.08. The molecule has 4 rings (SSSR count). The van der Waals surface area contributed by atoms with E-state index in [0.29, 0.717) is 0 Å². The molecule has 0 saturated heterocycles. The lowest BCUT2D eigenvalue weighted by atomic mass is 10.0. The maximum atomic E-state index is 15.0. The fraction of sp³-hybridized carbons (Fsp3) is 0.208. The SMILES string of the molecule is COCC1CN(S(=O)(=O)c2ccc(F)cc2)c2cc(CC(=O)c3c(F)cccc3Cl)c(F)cc2O1. The van der Waals surface area contributed by atoms with Gasteiger partial charge in [-0.3, -0.25) is 9.10 Å². The third kappa shape index (κ3) is 5.00. The lowest BCUT2D eigenvalue weighted by Crippen LogP contribution is -2.45. The molecule has 6 nitrogen and oxygen atoms in total. The molecule has 35 heavy (non-hydrogen) atoms. The highest BCUT2D eigenvalue weighted by Gasteiger charge is 2.36. The first kappa shape index (κ1) is 25.0. The lowest BCUT2D eigenvalue weighted by Gasteiger charge is -2.35. The first-order valence-electron chi connectivity index (χ1n) is 10.4. The average Bonchev–Trinajstić information content (AvgIpc) is 2.79. The van der Waals surface area contributed by atoms with Crippen LogP contribution in [0.25, 0.3) is 0 Å². The van der Waals surface area contributed by atoms with E-state index in [-0.39, 0.29) is 40.1 Å². The largest absolute Gasteiger partial charge is 0.484 e. The molecule has 0 bridgehead atoms. The van der Waals surface area contributed by atoms with Gasteiger partial charge in [0.2, 0.25) is 0 Å². The third-order valence-corrected chi connectivity index (χ3v) is 7.52. The molecule has 1 atom stereocenters. The number of carbonyl (C=O) groups excluding carboxylic acids is 1. The van der Waals surface area contributed by atoms with Gasteiger partial charge in [-0.05, 0) is 48.0 Å². The topological polar surface area (TPSA) is 72.9 Å². The van der Waals surface area contributed by atoms with Crippen molar-refractivity contribution < 1.29 is 35.9 Å². The van der Waals surface area contributed by atoms with E-state index >= 15 is 0 Å². The van der Waals surface area contributed by atoms with Crippen molar-refractivity contribution in [2.75, 3.05) is 24.6 Å². The Morgan fingerprint density at radius 2 is 1.83 bits per heavy atom. The van der Waals surface area contributed by atoms with Gasteiger partial charge in [-0.25, -0.2) is 21.6 Å². The highest BCUT2D eigenvalue weighted by molar-refractivity contribution is 7.92. The molecular formula is C24H19ClF3NO5S. The summed E-state index contributed by atoms with van der Waals surface area (Å²) in [6, 6.07) is 10.1. The zero-order valence-corrected chi connectivity index (χ0v) is 19.9. The lowest BCUT2D eigenvalue weighted by molar-refractivity contribution is 0.0817. The van der Waals surface area contributed by atoms with Gasteiger partial charge in [0.25, 0.3) is 10.0 Å². The van der Waals surface area contributed by atoms with Crippen LogP contribution in [-0.2, 0) is 21.2 Å². The number of methoxy groups -OCH3 is 1. The Morgan fingerprint density at radius 1 is 1.11 bits per heavy atom. The first-order valence-corrected chi connectivity index (χ1v) is 12.2. The zero-order chi connectivity index (χ0) is 25.3. The number of hydrogen-bond acceptors (Lipinski definition) is 5. The standard InChI is InChI=1S/C24H19ClF3NO5S/c1-33-13-16-12-29(35(31,32)17-7-5-15(26)6-8-17)21-9-14(20(28)11-23(21)34-16)10-22(30)24-18(25)3-2-4-19(24)27/h2-9,11,16H,10,12-13H2,1H3. The van der Waals surface area contributed by atoms with Gasteiger partial charge in [-0.1, -0.05) is 17.7 Å². The van der Waals surface area contributed by atoms with Gasteiger partial charge in [-0.2, -0.15) is 0 Å². The van der Waals surface area contributed by atoms with Crippen molar-refractivity contribution >= 4 is 33.1 Å². The second kappa shape index (κ2) is 9.88. The van der Waals surface area contributed by atoms with Crippen LogP contribution < -0.4 is 9.04 Å². The van der Waals surface area contributed by atoms with E-state index in [1.165, 1.54) is 25.3 Å². The maximum Gasteiger partial charge on any atom is 0.264 e. The van der Waals surface area contributed by atoms with E-state index < -0.39 is 51.3 Å². The Morgan fingerprint density at radius 3 is 2.49 bits per heavy atom. The number of rotatable bonds is 7. The third-order valence-electron chi connectivity index (χ3n) is 5.41. The molecule has 3 aromatic carbocycles. The van der Waals surface area contributed by atoms with Gasteiger partial charge < -0.3 is 9.47 Å². The van der Waals surface area contributed by atoms with Crippen LogP contribution in [0.5, 0.6) is 5.75 Å². The first-order chi connectivity index (χ1) is 16.6. The summed E-state index contributed by atoms with van der Waals surface area (Å²) in [4.78, 5) is 12.5. The maximum absolute atomic E-state index is 15.0. The number of benzene rings is 3. The monoisotopic (exact) mass is 525 g/mol. The van der Waals surface area contributed by atoms with Crippen molar-refractivity contribution in [2.45, 2.75) is 17.4 Å². The zero-order valence-electron chi connectivity index (χ0n) is 18.3. The Labute approximate surface area is 204 Å². The van der Waals surface area contributed by atoms with Gasteiger partial charge >= 0.3 is 0 Å². The number of fused-ring (bicyclic) bond motifs is 1. The molecule has 0 radical (unpaired) electrons. The minimum atomic E-state index is -4.22. The summed E-state index contributed by atoms with van der Waals surface area (Å²) >= 11 is 5.95. The predicted molar refractivity (Wildman–Crippen MR) is 123 cm³/mol. The van der Waals surface area contributed by atoms with Gasteiger partial charge in [0, 0.05) is 19.6 Å². The van der Waals surface area contributed by atoms with Crippen molar-refractivity contribution in [1.82, 2.24) is 0 Å². The van der Waals surface area contributed by atoms with E-state index in [2.05, 4.69) is 0 Å². The van der Waals surface area contributed by atoms with Crippen molar-refractivity contribution in [3.05, 3.63) is 88.2 Å². The van der Waals surface area contributed by atoms with Gasteiger partial charge in [-0.15, -0.1) is 0 Å². The number of sulfonamides is 1. The van der Waals surface area contributed by atoms with E-state index in [9.17, 15) is 26.4 Å². The van der Waals surface area contributed by atoms with Crippen LogP contribution in [0.1, 0.15) is 15.9 Å². The van der Waals surface area contributed by atoms with E-state index in [1.807, 2.05) is 0 Å². The predicted octanol–water partition coefficient (Wildman–Crippen LogP) is 4.79. The normalized spacial score (nSPS) is 15.5. The highest BCUT2D eigenvalue weighted by Crippen LogP contribution is 2.39. The molecule has 1 heterocycles. The van der Waals surface area contributed by atoms with E-state index in [4.69, 9.17) is 21.1 Å². The smallest absolute Gasteiger partial charge is 0.264 e. The highest BCUT2D eigenvalue weighted by atomic mass is 35.5. The van der Waals surface area contributed by atoms with Crippen LogP contribution in [0.3, 0.4) is 0 Å². The van der Waals surface area contributed by atoms with Gasteiger partial charge in [0.1, 0.15) is 29.3 Å². The Bertz CT molecular complexity index is 1360. The molecular weight excluding hydrogens is 507 g/mol. The quantitative estimate of drug-likeness (QED) is 0.415. The number of anilines is 1. The average molecular weight is 526 g/mol. The molecule has 11 heteroatoms. The van der Waals surface area contributed by atoms with Crippen LogP contribution >= 0.6 is 11.6 Å². The Balaban J connectivity index is 1.77. The number of hydrogen-bond donors (Lipinski definition) is 0. The minimum Gasteiger partial charge on any atom is -0.484 e. The van der Waals surface area contributed by atoms with E-state index in [1.54, 1.807) is 0 Å². The molecule has 184 valence electrons. The number of ketones is 1. The van der Waals surface area contributed by atoms with Crippen molar-refractivity contribution in [1.29, 1.82) is 0 Å². The molecule has 0 fully saturated rings. The fourth-order valence-electron chi connectivity index (χ4n) is 3.77. The number of carbonyl (C=O) groups is 1. The van der Waals surface area contributed by atoms with E-state index in [0.717, 1.165) is 40.7 Å². The number of ether oxygens (including phenoxy) is 2. The van der Waals surface area contributed by atoms with Crippen LogP contribution in [-0.4, -0.2) is 40.6 Å². The molecule has 1 aliphatic heterocycles. The summed E-state index contributed by atoms with van der Waals surface area (Å²) in [5, 5.41) is -0.125. The molecule has 0 aromatic heterocycles. The van der Waals surface area contributed by atoms with Crippen LogP contribution in [0.4, 0.5) is 18.9 Å². The summed E-state index contributed by atoms with van der Waals surface area (Å²) in [6.45, 7) is -0.165. The summed E-state index contributed by atoms with van der Waals surface area (Å²) < 4.78 is 81.1. The summed E-state index contributed by atoms with van der Waals surface area (Å²) in [6.07, 6.45) is -1.34. The second-order valence-electron chi connectivity index (χ2n) is 7.79. The Kier molecular flexibility index (Phi) is 7.07. The molecule has 0 spiro atoms. The molecule has 0 N–H and O–H groups in total. The fourth-order valence-corrected chi connectivity index (χ4v) is 5.54. The minimum absolute atomic E-state index is 0.0164. The number of halogens is 4.